The molecule has 2 aromatic carbocycles. The van der Waals surface area contributed by atoms with Crippen molar-refractivity contribution in [3.63, 3.8) is 0 Å². The summed E-state index contributed by atoms with van der Waals surface area (Å²) in [4.78, 5) is 0. The zero-order chi connectivity index (χ0) is 14.5. The van der Waals surface area contributed by atoms with Crippen molar-refractivity contribution in [3.8, 4) is 0 Å². The highest BCUT2D eigenvalue weighted by Gasteiger charge is 2.15. The first kappa shape index (κ1) is 14.7. The molecule has 0 radical (unpaired) electrons. The lowest BCUT2D eigenvalue weighted by atomic mass is 9.99. The maximum Gasteiger partial charge on any atom is 0.123 e. The van der Waals surface area contributed by atoms with E-state index in [0.29, 0.717) is 0 Å². The maximum absolute atomic E-state index is 13.4. The molecule has 2 atom stereocenters. The predicted octanol–water partition coefficient (Wildman–Crippen LogP) is 4.94. The van der Waals surface area contributed by atoms with Crippen molar-refractivity contribution in [1.82, 2.24) is 5.32 Å². The fraction of sp³-hybridized carbons (Fsp3) is 0.333. The van der Waals surface area contributed by atoms with Crippen LogP contribution in [-0.2, 0) is 0 Å². The summed E-state index contributed by atoms with van der Waals surface area (Å²) < 4.78 is 13.4. The highest BCUT2D eigenvalue weighted by Crippen LogP contribution is 2.24. The highest BCUT2D eigenvalue weighted by molar-refractivity contribution is 5.29. The van der Waals surface area contributed by atoms with Crippen LogP contribution in [-0.4, -0.2) is 0 Å². The minimum absolute atomic E-state index is 0.167. The first-order valence-corrected chi connectivity index (χ1v) is 7.19. The Morgan fingerprint density at radius 3 is 2.50 bits per heavy atom. The normalized spacial score (nSPS) is 14.0. The van der Waals surface area contributed by atoms with Crippen LogP contribution in [0.25, 0.3) is 0 Å². The number of rotatable bonds is 5. The minimum atomic E-state index is -0.175. The Bertz CT molecular complexity index is 565. The standard InChI is InChI=1S/C18H22FN/c1-4-18(15-9-7-10-16(19)12-15)20-14(3)17-11-6-5-8-13(17)2/h5-12,14,18,20H,4H2,1-3H3/t14-,18?/m1/s1. The first-order valence-electron chi connectivity index (χ1n) is 7.19. The average Bonchev–Trinajstić information content (AvgIpc) is 2.45. The van der Waals surface area contributed by atoms with E-state index in [2.05, 4.69) is 50.4 Å². The molecule has 0 saturated heterocycles. The van der Waals surface area contributed by atoms with Gasteiger partial charge in [0.2, 0.25) is 0 Å². The van der Waals surface area contributed by atoms with Gasteiger partial charge >= 0.3 is 0 Å². The van der Waals surface area contributed by atoms with Crippen molar-refractivity contribution in [1.29, 1.82) is 0 Å². The lowest BCUT2D eigenvalue weighted by Crippen LogP contribution is -2.24. The van der Waals surface area contributed by atoms with Crippen LogP contribution in [0, 0.1) is 12.7 Å². The van der Waals surface area contributed by atoms with E-state index in [1.165, 1.54) is 17.2 Å². The lowest BCUT2D eigenvalue weighted by Gasteiger charge is -2.24. The van der Waals surface area contributed by atoms with Crippen LogP contribution in [0.5, 0.6) is 0 Å². The fourth-order valence-electron chi connectivity index (χ4n) is 2.64. The van der Waals surface area contributed by atoms with Gasteiger partial charge < -0.3 is 5.32 Å². The van der Waals surface area contributed by atoms with Crippen molar-refractivity contribution in [2.75, 3.05) is 0 Å². The molecule has 1 nitrogen and oxygen atoms in total. The van der Waals surface area contributed by atoms with Crippen LogP contribution in [0.15, 0.2) is 48.5 Å². The van der Waals surface area contributed by atoms with E-state index < -0.39 is 0 Å². The fourth-order valence-corrected chi connectivity index (χ4v) is 2.64. The third kappa shape index (κ3) is 3.45. The second kappa shape index (κ2) is 6.67. The molecule has 0 aromatic heterocycles. The largest absolute Gasteiger partial charge is 0.303 e. The van der Waals surface area contributed by atoms with Gasteiger partial charge in [-0.1, -0.05) is 43.3 Å². The molecule has 106 valence electrons. The summed E-state index contributed by atoms with van der Waals surface area (Å²) >= 11 is 0. The van der Waals surface area contributed by atoms with Gasteiger partial charge in [0.05, 0.1) is 0 Å². The smallest absolute Gasteiger partial charge is 0.123 e. The number of benzene rings is 2. The number of aryl methyl sites for hydroxylation is 1. The highest BCUT2D eigenvalue weighted by atomic mass is 19.1. The van der Waals surface area contributed by atoms with E-state index in [9.17, 15) is 4.39 Å². The topological polar surface area (TPSA) is 12.0 Å². The molecule has 2 heteroatoms. The molecular weight excluding hydrogens is 249 g/mol. The van der Waals surface area contributed by atoms with Crippen molar-refractivity contribution >= 4 is 0 Å². The second-order valence-corrected chi connectivity index (χ2v) is 5.26. The van der Waals surface area contributed by atoms with E-state index in [4.69, 9.17) is 0 Å². The van der Waals surface area contributed by atoms with Crippen LogP contribution in [0.1, 0.15) is 49.0 Å². The Kier molecular flexibility index (Phi) is 4.91. The number of hydrogen-bond acceptors (Lipinski definition) is 1. The molecule has 0 amide bonds. The molecule has 2 aromatic rings. The molecule has 2 rings (SSSR count). The van der Waals surface area contributed by atoms with E-state index >= 15 is 0 Å². The molecule has 0 bridgehead atoms. The lowest BCUT2D eigenvalue weighted by molar-refractivity contribution is 0.453. The average molecular weight is 271 g/mol. The Labute approximate surface area is 120 Å². The molecule has 0 heterocycles. The molecule has 0 spiro atoms. The number of halogens is 1. The predicted molar refractivity (Wildman–Crippen MR) is 82.2 cm³/mol. The van der Waals surface area contributed by atoms with Gasteiger partial charge in [-0.2, -0.15) is 0 Å². The minimum Gasteiger partial charge on any atom is -0.303 e. The SMILES string of the molecule is CCC(N[C@H](C)c1ccccc1C)c1cccc(F)c1. The van der Waals surface area contributed by atoms with Crippen LogP contribution in [0.3, 0.4) is 0 Å². The summed E-state index contributed by atoms with van der Waals surface area (Å²) in [5, 5.41) is 3.60. The van der Waals surface area contributed by atoms with Gasteiger partial charge in [0.25, 0.3) is 0 Å². The van der Waals surface area contributed by atoms with Crippen LogP contribution >= 0.6 is 0 Å². The van der Waals surface area contributed by atoms with E-state index in [0.717, 1.165) is 12.0 Å². The van der Waals surface area contributed by atoms with Crippen molar-refractivity contribution in [3.05, 3.63) is 71.0 Å². The zero-order valence-electron chi connectivity index (χ0n) is 12.4. The molecule has 0 aliphatic carbocycles. The van der Waals surface area contributed by atoms with Gasteiger partial charge in [0.15, 0.2) is 0 Å². The van der Waals surface area contributed by atoms with Gasteiger partial charge in [0, 0.05) is 12.1 Å². The van der Waals surface area contributed by atoms with Crippen molar-refractivity contribution < 1.29 is 4.39 Å². The molecule has 0 saturated carbocycles. The quantitative estimate of drug-likeness (QED) is 0.812. The Morgan fingerprint density at radius 1 is 1.10 bits per heavy atom. The summed E-state index contributed by atoms with van der Waals surface area (Å²) in [6.07, 6.45) is 0.930. The van der Waals surface area contributed by atoms with Crippen molar-refractivity contribution in [2.24, 2.45) is 0 Å². The van der Waals surface area contributed by atoms with Crippen molar-refractivity contribution in [2.45, 2.75) is 39.3 Å². The van der Waals surface area contributed by atoms with Crippen LogP contribution in [0.4, 0.5) is 4.39 Å². The monoisotopic (exact) mass is 271 g/mol. The van der Waals surface area contributed by atoms with E-state index in [1.807, 2.05) is 6.07 Å². The molecule has 1 N–H and O–H groups in total. The summed E-state index contributed by atoms with van der Waals surface area (Å²) in [5.74, 6) is -0.175. The second-order valence-electron chi connectivity index (χ2n) is 5.26. The first-order chi connectivity index (χ1) is 9.61. The summed E-state index contributed by atoms with van der Waals surface area (Å²) in [5.41, 5.74) is 3.58. The Hall–Kier alpha value is -1.67. The van der Waals surface area contributed by atoms with Gasteiger partial charge in [-0.05, 0) is 49.1 Å². The number of hydrogen-bond donors (Lipinski definition) is 1. The zero-order valence-corrected chi connectivity index (χ0v) is 12.4. The molecule has 1 unspecified atom stereocenters. The van der Waals surface area contributed by atoms with Gasteiger partial charge in [0.1, 0.15) is 5.82 Å². The van der Waals surface area contributed by atoms with Crippen LogP contribution in [0.2, 0.25) is 0 Å². The van der Waals surface area contributed by atoms with Gasteiger partial charge in [-0.25, -0.2) is 4.39 Å². The third-order valence-corrected chi connectivity index (χ3v) is 3.77. The molecule has 0 fully saturated rings. The molecular formula is C18H22FN. The maximum atomic E-state index is 13.4. The third-order valence-electron chi connectivity index (χ3n) is 3.77. The Morgan fingerprint density at radius 2 is 1.85 bits per heavy atom. The summed E-state index contributed by atoms with van der Waals surface area (Å²) in [6.45, 7) is 6.40. The van der Waals surface area contributed by atoms with Gasteiger partial charge in [-0.3, -0.25) is 0 Å². The van der Waals surface area contributed by atoms with Crippen LogP contribution < -0.4 is 5.32 Å². The van der Waals surface area contributed by atoms with Gasteiger partial charge in [-0.15, -0.1) is 0 Å². The molecule has 0 aliphatic heterocycles. The number of nitrogens with one attached hydrogen (secondary N) is 1. The molecule has 20 heavy (non-hydrogen) atoms. The summed E-state index contributed by atoms with van der Waals surface area (Å²) in [6, 6.07) is 15.6. The van der Waals surface area contributed by atoms with E-state index in [1.54, 1.807) is 12.1 Å². The Balaban J connectivity index is 2.16. The summed E-state index contributed by atoms with van der Waals surface area (Å²) in [7, 11) is 0. The molecule has 0 aliphatic rings. The van der Waals surface area contributed by atoms with E-state index in [-0.39, 0.29) is 17.9 Å².